The van der Waals surface area contributed by atoms with Crippen LogP contribution in [0.15, 0.2) is 54.6 Å². The van der Waals surface area contributed by atoms with E-state index >= 15 is 0 Å². The first-order valence-corrected chi connectivity index (χ1v) is 10.3. The topological polar surface area (TPSA) is 108 Å². The summed E-state index contributed by atoms with van der Waals surface area (Å²) in [5, 5.41) is 5.78. The van der Waals surface area contributed by atoms with Crippen LogP contribution < -0.4 is 5.32 Å². The second-order valence-corrected chi connectivity index (χ2v) is 7.55. The van der Waals surface area contributed by atoms with E-state index in [4.69, 9.17) is 14.2 Å². The number of amides is 1. The predicted molar refractivity (Wildman–Crippen MR) is 121 cm³/mol. The van der Waals surface area contributed by atoms with E-state index in [0.29, 0.717) is 16.3 Å². The first-order chi connectivity index (χ1) is 15.8. The van der Waals surface area contributed by atoms with Gasteiger partial charge in [-0.1, -0.05) is 55.5 Å². The Kier molecular flexibility index (Phi) is 7.27. The summed E-state index contributed by atoms with van der Waals surface area (Å²) in [5.41, 5.74) is 0.373. The Morgan fingerprint density at radius 3 is 1.64 bits per heavy atom. The number of esters is 3. The monoisotopic (exact) mass is 451 g/mol. The highest BCUT2D eigenvalue weighted by molar-refractivity contribution is 6.18. The lowest BCUT2D eigenvalue weighted by Gasteiger charge is -2.27. The van der Waals surface area contributed by atoms with Crippen LogP contribution in [0.5, 0.6) is 0 Å². The second-order valence-electron chi connectivity index (χ2n) is 7.55. The molecule has 3 aromatic carbocycles. The summed E-state index contributed by atoms with van der Waals surface area (Å²) in [6.45, 7) is 1.47. The average molecular weight is 451 g/mol. The Labute approximate surface area is 190 Å². The number of hydrogen-bond acceptors (Lipinski definition) is 7. The lowest BCUT2D eigenvalue weighted by molar-refractivity contribution is -0.162. The fourth-order valence-corrected chi connectivity index (χ4v) is 3.98. The van der Waals surface area contributed by atoms with E-state index in [9.17, 15) is 19.2 Å². The summed E-state index contributed by atoms with van der Waals surface area (Å²) >= 11 is 0. The van der Waals surface area contributed by atoms with E-state index in [2.05, 4.69) is 5.32 Å². The van der Waals surface area contributed by atoms with Crippen molar-refractivity contribution in [1.29, 1.82) is 0 Å². The van der Waals surface area contributed by atoms with Crippen molar-refractivity contribution in [2.75, 3.05) is 21.3 Å². The SMILES string of the molecule is COC(=O)C(C(=O)OC)[C@@H](C)[C@H](NC(=O)c1c2ccccc2cc2ccccc12)C(=O)OC. The van der Waals surface area contributed by atoms with Crippen LogP contribution in [0.3, 0.4) is 0 Å². The van der Waals surface area contributed by atoms with Crippen molar-refractivity contribution in [3.05, 3.63) is 60.2 Å². The molecule has 0 aliphatic heterocycles. The largest absolute Gasteiger partial charge is 0.468 e. The molecule has 0 bridgehead atoms. The molecule has 0 saturated heterocycles. The number of fused-ring (bicyclic) bond motifs is 2. The zero-order valence-electron chi connectivity index (χ0n) is 18.8. The third-order valence-corrected chi connectivity index (χ3v) is 5.70. The zero-order valence-corrected chi connectivity index (χ0v) is 18.8. The van der Waals surface area contributed by atoms with Crippen LogP contribution in [0.4, 0.5) is 0 Å². The number of hydrogen-bond donors (Lipinski definition) is 1. The van der Waals surface area contributed by atoms with Gasteiger partial charge in [-0.05, 0) is 27.6 Å². The summed E-state index contributed by atoms with van der Waals surface area (Å²) in [7, 11) is 3.41. The van der Waals surface area contributed by atoms with Gasteiger partial charge in [0.15, 0.2) is 5.92 Å². The fourth-order valence-electron chi connectivity index (χ4n) is 3.98. The summed E-state index contributed by atoms with van der Waals surface area (Å²) in [6, 6.07) is 15.5. The molecule has 172 valence electrons. The van der Waals surface area contributed by atoms with Crippen molar-refractivity contribution in [3.63, 3.8) is 0 Å². The molecule has 0 spiro atoms. The molecule has 0 fully saturated rings. The van der Waals surface area contributed by atoms with E-state index in [0.717, 1.165) is 32.1 Å². The highest BCUT2D eigenvalue weighted by Gasteiger charge is 2.42. The van der Waals surface area contributed by atoms with Crippen molar-refractivity contribution in [1.82, 2.24) is 5.32 Å². The van der Waals surface area contributed by atoms with Crippen molar-refractivity contribution in [3.8, 4) is 0 Å². The van der Waals surface area contributed by atoms with Gasteiger partial charge in [-0.2, -0.15) is 0 Å². The van der Waals surface area contributed by atoms with Gasteiger partial charge in [-0.3, -0.25) is 14.4 Å². The van der Waals surface area contributed by atoms with Gasteiger partial charge < -0.3 is 19.5 Å². The van der Waals surface area contributed by atoms with Crippen LogP contribution >= 0.6 is 0 Å². The maximum atomic E-state index is 13.6. The molecule has 0 unspecified atom stereocenters. The van der Waals surface area contributed by atoms with Crippen molar-refractivity contribution in [2.45, 2.75) is 13.0 Å². The minimum absolute atomic E-state index is 0.373. The van der Waals surface area contributed by atoms with Crippen LogP contribution in [0, 0.1) is 11.8 Å². The fraction of sp³-hybridized carbons (Fsp3) is 0.280. The van der Waals surface area contributed by atoms with Gasteiger partial charge >= 0.3 is 17.9 Å². The highest BCUT2D eigenvalue weighted by Crippen LogP contribution is 2.29. The summed E-state index contributed by atoms with van der Waals surface area (Å²) in [4.78, 5) is 50.8. The first-order valence-electron chi connectivity index (χ1n) is 10.3. The maximum Gasteiger partial charge on any atom is 0.328 e. The predicted octanol–water partition coefficient (Wildman–Crippen LogP) is 2.86. The zero-order chi connectivity index (χ0) is 24.1. The van der Waals surface area contributed by atoms with Crippen LogP contribution in [0.2, 0.25) is 0 Å². The summed E-state index contributed by atoms with van der Waals surface area (Å²) < 4.78 is 14.3. The van der Waals surface area contributed by atoms with Gasteiger partial charge in [0.05, 0.1) is 26.9 Å². The highest BCUT2D eigenvalue weighted by atomic mass is 16.5. The Bertz CT molecular complexity index is 1150. The molecule has 8 nitrogen and oxygen atoms in total. The molecule has 0 saturated carbocycles. The van der Waals surface area contributed by atoms with Gasteiger partial charge in [-0.25, -0.2) is 4.79 Å². The quantitative estimate of drug-likeness (QED) is 0.255. The van der Waals surface area contributed by atoms with Crippen LogP contribution in [0.25, 0.3) is 21.5 Å². The third-order valence-electron chi connectivity index (χ3n) is 5.70. The molecule has 3 rings (SSSR count). The van der Waals surface area contributed by atoms with Crippen LogP contribution in [-0.4, -0.2) is 51.2 Å². The lowest BCUT2D eigenvalue weighted by atomic mass is 9.86. The van der Waals surface area contributed by atoms with Gasteiger partial charge in [0.1, 0.15) is 6.04 Å². The smallest absolute Gasteiger partial charge is 0.328 e. The number of ether oxygens (including phenoxy) is 3. The number of carbonyl (C=O) groups excluding carboxylic acids is 4. The Balaban J connectivity index is 2.09. The Morgan fingerprint density at radius 1 is 0.727 bits per heavy atom. The number of carbonyl (C=O) groups is 4. The van der Waals surface area contributed by atoms with Gasteiger partial charge in [0.2, 0.25) is 0 Å². The molecule has 8 heteroatoms. The molecule has 0 radical (unpaired) electrons. The summed E-state index contributed by atoms with van der Waals surface area (Å²) in [5.74, 6) is -5.56. The number of methoxy groups -OCH3 is 3. The van der Waals surface area contributed by atoms with E-state index in [1.807, 2.05) is 54.6 Å². The van der Waals surface area contributed by atoms with Crippen molar-refractivity contribution >= 4 is 45.4 Å². The van der Waals surface area contributed by atoms with E-state index in [-0.39, 0.29) is 0 Å². The normalized spacial score (nSPS) is 12.8. The second kappa shape index (κ2) is 10.1. The maximum absolute atomic E-state index is 13.6. The van der Waals surface area contributed by atoms with Crippen LogP contribution in [-0.2, 0) is 28.6 Å². The van der Waals surface area contributed by atoms with Crippen molar-refractivity contribution < 1.29 is 33.4 Å². The molecule has 0 aliphatic rings. The van der Waals surface area contributed by atoms with Gasteiger partial charge in [-0.15, -0.1) is 0 Å². The van der Waals surface area contributed by atoms with E-state index in [1.54, 1.807) is 0 Å². The molecule has 3 aromatic rings. The minimum atomic E-state index is -1.44. The number of nitrogens with one attached hydrogen (secondary N) is 1. The Morgan fingerprint density at radius 2 is 1.18 bits per heavy atom. The van der Waals surface area contributed by atoms with Crippen molar-refractivity contribution in [2.24, 2.45) is 11.8 Å². The number of rotatable bonds is 7. The molecular weight excluding hydrogens is 426 g/mol. The molecule has 0 heterocycles. The average Bonchev–Trinajstić information content (AvgIpc) is 2.84. The van der Waals surface area contributed by atoms with E-state index < -0.39 is 41.7 Å². The Hall–Kier alpha value is -3.94. The van der Waals surface area contributed by atoms with Crippen LogP contribution in [0.1, 0.15) is 17.3 Å². The molecule has 0 aromatic heterocycles. The molecule has 1 amide bonds. The summed E-state index contributed by atoms with van der Waals surface area (Å²) in [6.07, 6.45) is 0. The molecular formula is C25H25NO7. The standard InChI is InChI=1S/C25H25NO7/c1-14(19(23(28)31-2)24(29)32-3)21(25(30)33-4)26-22(27)20-17-11-7-5-9-15(17)13-16-10-6-8-12-18(16)20/h5-14,19,21H,1-4H3,(H,26,27)/t14-,21+/m1/s1. The molecule has 0 aliphatic carbocycles. The third kappa shape index (κ3) is 4.64. The lowest BCUT2D eigenvalue weighted by Crippen LogP contribution is -2.51. The van der Waals surface area contributed by atoms with E-state index in [1.165, 1.54) is 6.92 Å². The number of benzene rings is 3. The van der Waals surface area contributed by atoms with Gasteiger partial charge in [0, 0.05) is 5.92 Å². The molecule has 2 atom stereocenters. The first kappa shape index (κ1) is 23.7. The molecule has 33 heavy (non-hydrogen) atoms. The molecule has 1 N–H and O–H groups in total. The minimum Gasteiger partial charge on any atom is -0.468 e. The van der Waals surface area contributed by atoms with Gasteiger partial charge in [0.25, 0.3) is 5.91 Å².